The fourth-order valence-corrected chi connectivity index (χ4v) is 2.42. The van der Waals surface area contributed by atoms with Gasteiger partial charge in [0.15, 0.2) is 0 Å². The third-order valence-electron chi connectivity index (χ3n) is 3.55. The summed E-state index contributed by atoms with van der Waals surface area (Å²) in [5.41, 5.74) is 2.33. The molecule has 0 spiro atoms. The van der Waals surface area contributed by atoms with E-state index in [2.05, 4.69) is 19.9 Å². The average Bonchev–Trinajstić information content (AvgIpc) is 2.98. The second-order valence-electron chi connectivity index (χ2n) is 4.92. The molecule has 20 heavy (non-hydrogen) atoms. The van der Waals surface area contributed by atoms with Gasteiger partial charge in [-0.3, -0.25) is 9.88 Å². The van der Waals surface area contributed by atoms with Gasteiger partial charge >= 0.3 is 0 Å². The monoisotopic (exact) mass is 276 g/mol. The normalized spacial score (nSPS) is 16.4. The molecule has 1 aliphatic heterocycles. The lowest BCUT2D eigenvalue weighted by atomic mass is 10.1. The molecule has 6 heteroatoms. The van der Waals surface area contributed by atoms with Crippen LogP contribution in [-0.4, -0.2) is 51.3 Å². The Morgan fingerprint density at radius 1 is 1.35 bits per heavy atom. The number of aromatic amines is 1. The summed E-state index contributed by atoms with van der Waals surface area (Å²) in [7, 11) is 0. The molecule has 0 amide bonds. The molecule has 0 aromatic carbocycles. The number of imidazole rings is 1. The molecule has 0 unspecified atom stereocenters. The third-order valence-corrected chi connectivity index (χ3v) is 3.55. The van der Waals surface area contributed by atoms with Crippen molar-refractivity contribution in [1.82, 2.24) is 19.9 Å². The van der Waals surface area contributed by atoms with Crippen LogP contribution >= 0.6 is 0 Å². The Morgan fingerprint density at radius 3 is 2.85 bits per heavy atom. The van der Waals surface area contributed by atoms with Gasteiger partial charge in [-0.15, -0.1) is 0 Å². The van der Waals surface area contributed by atoms with Crippen molar-refractivity contribution in [1.29, 1.82) is 0 Å². The van der Waals surface area contributed by atoms with Crippen molar-refractivity contribution < 1.29 is 9.84 Å². The van der Waals surface area contributed by atoms with E-state index in [-0.39, 0.29) is 5.75 Å². The van der Waals surface area contributed by atoms with Crippen LogP contribution in [0.5, 0.6) is 5.75 Å². The quantitative estimate of drug-likeness (QED) is 0.884. The van der Waals surface area contributed by atoms with Gasteiger partial charge < -0.3 is 14.8 Å². The summed E-state index contributed by atoms with van der Waals surface area (Å²) in [6.45, 7) is 5.82. The van der Waals surface area contributed by atoms with Crippen molar-refractivity contribution in [2.24, 2.45) is 0 Å². The van der Waals surface area contributed by atoms with E-state index in [0.717, 1.165) is 44.0 Å². The lowest BCUT2D eigenvalue weighted by Gasteiger charge is -2.27. The van der Waals surface area contributed by atoms with Gasteiger partial charge in [0, 0.05) is 38.2 Å². The molecule has 3 heterocycles. The topological polar surface area (TPSA) is 74.3 Å². The maximum absolute atomic E-state index is 10.3. The van der Waals surface area contributed by atoms with E-state index in [1.807, 2.05) is 6.20 Å². The Labute approximate surface area is 117 Å². The van der Waals surface area contributed by atoms with Gasteiger partial charge in [0.05, 0.1) is 24.5 Å². The molecular formula is C14H18N4O2. The highest BCUT2D eigenvalue weighted by molar-refractivity contribution is 5.68. The van der Waals surface area contributed by atoms with Crippen LogP contribution in [0.2, 0.25) is 0 Å². The van der Waals surface area contributed by atoms with Gasteiger partial charge in [-0.25, -0.2) is 4.98 Å². The summed E-state index contributed by atoms with van der Waals surface area (Å²) in [6, 6.07) is 0. The van der Waals surface area contributed by atoms with Crippen molar-refractivity contribution in [2.45, 2.75) is 13.5 Å². The van der Waals surface area contributed by atoms with Gasteiger partial charge in [0.25, 0.3) is 0 Å². The first-order valence-electron chi connectivity index (χ1n) is 6.73. The molecule has 0 radical (unpaired) electrons. The molecule has 2 N–H and O–H groups in total. The van der Waals surface area contributed by atoms with Crippen LogP contribution < -0.4 is 0 Å². The molecule has 0 bridgehead atoms. The Morgan fingerprint density at radius 2 is 2.15 bits per heavy atom. The first kappa shape index (κ1) is 13.1. The van der Waals surface area contributed by atoms with Crippen LogP contribution in [-0.2, 0) is 11.3 Å². The molecule has 106 valence electrons. The highest BCUT2D eigenvalue weighted by atomic mass is 16.5. The number of aromatic nitrogens is 3. The Hall–Kier alpha value is -1.92. The summed E-state index contributed by atoms with van der Waals surface area (Å²) in [5, 5.41) is 10.3. The molecule has 1 fully saturated rings. The summed E-state index contributed by atoms with van der Waals surface area (Å²) in [6.07, 6.45) is 5.26. The van der Waals surface area contributed by atoms with Crippen LogP contribution in [0.15, 0.2) is 18.6 Å². The lowest BCUT2D eigenvalue weighted by molar-refractivity contribution is 0.0342. The second kappa shape index (κ2) is 5.60. The number of nitrogens with zero attached hydrogens (tertiary/aromatic N) is 3. The molecule has 0 aliphatic carbocycles. The Kier molecular flexibility index (Phi) is 3.66. The first-order chi connectivity index (χ1) is 9.75. The van der Waals surface area contributed by atoms with E-state index in [0.29, 0.717) is 11.5 Å². The third kappa shape index (κ3) is 2.52. The zero-order valence-electron chi connectivity index (χ0n) is 11.5. The van der Waals surface area contributed by atoms with Crippen LogP contribution in [0.25, 0.3) is 11.4 Å². The number of nitrogens with one attached hydrogen (secondary N) is 1. The molecule has 0 atom stereocenters. The molecule has 3 rings (SSSR count). The maximum Gasteiger partial charge on any atom is 0.148 e. The highest BCUT2D eigenvalue weighted by Gasteiger charge is 2.19. The van der Waals surface area contributed by atoms with Gasteiger partial charge in [0.2, 0.25) is 0 Å². The number of hydrogen-bond acceptors (Lipinski definition) is 5. The van der Waals surface area contributed by atoms with E-state index in [9.17, 15) is 5.11 Å². The Balaban J connectivity index is 1.95. The predicted molar refractivity (Wildman–Crippen MR) is 74.3 cm³/mol. The number of H-pyrrole nitrogens is 1. The summed E-state index contributed by atoms with van der Waals surface area (Å²) < 4.78 is 5.36. The molecular weight excluding hydrogens is 258 g/mol. The summed E-state index contributed by atoms with van der Waals surface area (Å²) in [5.74, 6) is 0.877. The summed E-state index contributed by atoms with van der Waals surface area (Å²) >= 11 is 0. The number of hydrogen-bond donors (Lipinski definition) is 2. The number of ether oxygens (including phenoxy) is 1. The van der Waals surface area contributed by atoms with E-state index >= 15 is 0 Å². The van der Waals surface area contributed by atoms with Crippen LogP contribution in [0.1, 0.15) is 11.3 Å². The molecule has 2 aromatic rings. The SMILES string of the molecule is Cc1ncc(CN2CCOCC2)c(-c2[15n]cc[15nH]2)c1O. The van der Waals surface area contributed by atoms with Gasteiger partial charge in [0.1, 0.15) is 11.6 Å². The fourth-order valence-electron chi connectivity index (χ4n) is 2.42. The number of pyridine rings is 1. The van der Waals surface area contributed by atoms with Gasteiger partial charge in [-0.1, -0.05) is 0 Å². The average molecular weight is 276 g/mol. The molecule has 6 nitrogen and oxygen atoms in total. The minimum absolute atomic E-state index is 0.200. The van der Waals surface area contributed by atoms with Gasteiger partial charge in [-0.2, -0.15) is 0 Å². The van der Waals surface area contributed by atoms with E-state index in [1.54, 1.807) is 19.3 Å². The molecule has 1 saturated heterocycles. The number of aromatic hydroxyl groups is 1. The van der Waals surface area contributed by atoms with Crippen LogP contribution in [0.4, 0.5) is 0 Å². The van der Waals surface area contributed by atoms with Crippen molar-refractivity contribution >= 4 is 0 Å². The maximum atomic E-state index is 10.3. The van der Waals surface area contributed by atoms with Crippen molar-refractivity contribution in [2.75, 3.05) is 26.3 Å². The number of morpholine rings is 1. The van der Waals surface area contributed by atoms with Gasteiger partial charge in [-0.05, 0) is 12.5 Å². The second-order valence-corrected chi connectivity index (χ2v) is 4.92. The lowest BCUT2D eigenvalue weighted by Crippen LogP contribution is -2.35. The van der Waals surface area contributed by atoms with Crippen LogP contribution in [0.3, 0.4) is 0 Å². The minimum atomic E-state index is 0.200. The number of aryl methyl sites for hydroxylation is 1. The fraction of sp³-hybridized carbons (Fsp3) is 0.429. The van der Waals surface area contributed by atoms with Crippen molar-refractivity contribution in [3.63, 3.8) is 0 Å². The van der Waals surface area contributed by atoms with Crippen molar-refractivity contribution in [3.05, 3.63) is 29.8 Å². The van der Waals surface area contributed by atoms with E-state index < -0.39 is 0 Å². The van der Waals surface area contributed by atoms with Crippen LogP contribution in [0, 0.1) is 6.92 Å². The highest BCUT2D eigenvalue weighted by Crippen LogP contribution is 2.32. The molecule has 0 saturated carbocycles. The zero-order valence-corrected chi connectivity index (χ0v) is 11.5. The molecule has 1 aliphatic rings. The zero-order chi connectivity index (χ0) is 13.9. The Bertz CT molecular complexity index is 577. The minimum Gasteiger partial charge on any atom is -0.505 e. The van der Waals surface area contributed by atoms with E-state index in [1.165, 1.54) is 0 Å². The molecule has 2 aromatic heterocycles. The smallest absolute Gasteiger partial charge is 0.148 e. The van der Waals surface area contributed by atoms with Crippen molar-refractivity contribution in [3.8, 4) is 17.1 Å². The number of rotatable bonds is 3. The first-order valence-corrected chi connectivity index (χ1v) is 6.73. The standard InChI is InChI=1S/C14H18N4O2/c1-10-13(19)12(14-15-2-3-16-14)11(8-17-10)9-18-4-6-20-7-5-18/h2-3,8,19H,4-7,9H2,1H3,(H,15,16)/i15+1,16+1. The predicted octanol–water partition coefficient (Wildman–Crippen LogP) is 1.32. The van der Waals surface area contributed by atoms with E-state index in [4.69, 9.17) is 4.74 Å². The largest absolute Gasteiger partial charge is 0.505 e. The summed E-state index contributed by atoms with van der Waals surface area (Å²) in [4.78, 5) is 13.9.